The number of carbonyl (C=O) groups excluding carboxylic acids is 1. The summed E-state index contributed by atoms with van der Waals surface area (Å²) >= 11 is 5.59. The Kier molecular flexibility index (Phi) is 3.74. The van der Waals surface area contributed by atoms with E-state index in [0.717, 1.165) is 5.56 Å². The first kappa shape index (κ1) is 12.3. The van der Waals surface area contributed by atoms with Gasteiger partial charge in [-0.15, -0.1) is 10.2 Å². The van der Waals surface area contributed by atoms with Crippen LogP contribution in [0.15, 0.2) is 36.4 Å². The van der Waals surface area contributed by atoms with Gasteiger partial charge in [-0.2, -0.15) is 0 Å². The summed E-state index contributed by atoms with van der Waals surface area (Å²) in [5, 5.41) is 12.9. The summed E-state index contributed by atoms with van der Waals surface area (Å²) in [6.07, 6.45) is 0. The third-order valence-electron chi connectivity index (χ3n) is 2.18. The molecular weight excluding hydrogens is 252 g/mol. The molecule has 0 radical (unpaired) electrons. The normalized spacial score (nSPS) is 9.89. The van der Waals surface area contributed by atoms with Gasteiger partial charge in [-0.05, 0) is 31.2 Å². The van der Waals surface area contributed by atoms with Crippen LogP contribution in [0.2, 0.25) is 5.15 Å². The highest BCUT2D eigenvalue weighted by molar-refractivity contribution is 6.29. The molecular formula is C12H11ClN4O. The van der Waals surface area contributed by atoms with Crippen molar-refractivity contribution >= 4 is 29.1 Å². The highest BCUT2D eigenvalue weighted by Crippen LogP contribution is 2.10. The van der Waals surface area contributed by atoms with Crippen molar-refractivity contribution in [1.82, 2.24) is 10.2 Å². The van der Waals surface area contributed by atoms with Crippen LogP contribution < -0.4 is 10.6 Å². The standard InChI is InChI=1S/C12H11ClN4O/c1-8-2-4-9(5-3-8)14-12(18)15-11-7-6-10(13)16-17-11/h2-7H,1H3,(H2,14,15,17,18). The lowest BCUT2D eigenvalue weighted by Crippen LogP contribution is -2.20. The molecule has 5 nitrogen and oxygen atoms in total. The van der Waals surface area contributed by atoms with E-state index in [1.54, 1.807) is 12.1 Å². The monoisotopic (exact) mass is 262 g/mol. The fourth-order valence-corrected chi connectivity index (χ4v) is 1.40. The highest BCUT2D eigenvalue weighted by atomic mass is 35.5. The third kappa shape index (κ3) is 3.43. The van der Waals surface area contributed by atoms with E-state index in [0.29, 0.717) is 11.5 Å². The lowest BCUT2D eigenvalue weighted by molar-refractivity contribution is 0.262. The zero-order valence-electron chi connectivity index (χ0n) is 9.64. The van der Waals surface area contributed by atoms with Crippen molar-refractivity contribution in [1.29, 1.82) is 0 Å². The average Bonchev–Trinajstić information content (AvgIpc) is 2.35. The minimum atomic E-state index is -0.379. The molecule has 18 heavy (non-hydrogen) atoms. The van der Waals surface area contributed by atoms with Crippen molar-refractivity contribution in [3.8, 4) is 0 Å². The van der Waals surface area contributed by atoms with Crippen molar-refractivity contribution in [2.24, 2.45) is 0 Å². The molecule has 0 saturated heterocycles. The number of halogens is 1. The molecule has 1 aromatic heterocycles. The van der Waals surface area contributed by atoms with Crippen LogP contribution in [-0.4, -0.2) is 16.2 Å². The fraction of sp³-hybridized carbons (Fsp3) is 0.0833. The Morgan fingerprint density at radius 1 is 1.06 bits per heavy atom. The average molecular weight is 263 g/mol. The summed E-state index contributed by atoms with van der Waals surface area (Å²) in [5.41, 5.74) is 1.84. The number of anilines is 2. The van der Waals surface area contributed by atoms with E-state index < -0.39 is 0 Å². The fourth-order valence-electron chi connectivity index (χ4n) is 1.30. The van der Waals surface area contributed by atoms with Crippen LogP contribution in [-0.2, 0) is 0 Å². The second-order valence-electron chi connectivity index (χ2n) is 3.69. The van der Waals surface area contributed by atoms with Gasteiger partial charge in [0.05, 0.1) is 0 Å². The van der Waals surface area contributed by atoms with Crippen LogP contribution in [0.1, 0.15) is 5.56 Å². The van der Waals surface area contributed by atoms with Gasteiger partial charge in [0.2, 0.25) is 0 Å². The maximum Gasteiger partial charge on any atom is 0.324 e. The smallest absolute Gasteiger partial charge is 0.308 e. The summed E-state index contributed by atoms with van der Waals surface area (Å²) in [6, 6.07) is 10.2. The second kappa shape index (κ2) is 5.46. The summed E-state index contributed by atoms with van der Waals surface area (Å²) in [7, 11) is 0. The number of hydrogen-bond donors (Lipinski definition) is 2. The van der Waals surface area contributed by atoms with Crippen LogP contribution in [0.3, 0.4) is 0 Å². The first-order valence-electron chi connectivity index (χ1n) is 5.27. The quantitative estimate of drug-likeness (QED) is 0.874. The predicted octanol–water partition coefficient (Wildman–Crippen LogP) is 3.08. The number of aromatic nitrogens is 2. The summed E-state index contributed by atoms with van der Waals surface area (Å²) in [6.45, 7) is 1.98. The molecule has 0 saturated carbocycles. The van der Waals surface area contributed by atoms with E-state index in [1.807, 2.05) is 31.2 Å². The number of benzene rings is 1. The number of nitrogens with one attached hydrogen (secondary N) is 2. The minimum absolute atomic E-state index is 0.277. The molecule has 92 valence electrons. The molecule has 0 fully saturated rings. The van der Waals surface area contributed by atoms with Gasteiger partial charge in [0.15, 0.2) is 11.0 Å². The Morgan fingerprint density at radius 2 is 1.78 bits per heavy atom. The summed E-state index contributed by atoms with van der Waals surface area (Å²) < 4.78 is 0. The molecule has 2 N–H and O–H groups in total. The Balaban J connectivity index is 1.96. The predicted molar refractivity (Wildman–Crippen MR) is 70.9 cm³/mol. The lowest BCUT2D eigenvalue weighted by atomic mass is 10.2. The van der Waals surface area contributed by atoms with Gasteiger partial charge in [0.1, 0.15) is 0 Å². The number of carbonyl (C=O) groups is 1. The first-order chi connectivity index (χ1) is 8.63. The molecule has 0 spiro atoms. The molecule has 0 aliphatic heterocycles. The number of aryl methyl sites for hydroxylation is 1. The van der Waals surface area contributed by atoms with E-state index in [9.17, 15) is 4.79 Å². The third-order valence-corrected chi connectivity index (χ3v) is 2.38. The van der Waals surface area contributed by atoms with E-state index in [1.165, 1.54) is 0 Å². The van der Waals surface area contributed by atoms with Crippen molar-refractivity contribution in [3.63, 3.8) is 0 Å². The van der Waals surface area contributed by atoms with Crippen LogP contribution >= 0.6 is 11.6 Å². The lowest BCUT2D eigenvalue weighted by Gasteiger charge is -2.06. The molecule has 2 aromatic rings. The molecule has 2 rings (SSSR count). The van der Waals surface area contributed by atoms with Crippen LogP contribution in [0.4, 0.5) is 16.3 Å². The summed E-state index contributed by atoms with van der Waals surface area (Å²) in [5.74, 6) is 0.337. The molecule has 1 heterocycles. The van der Waals surface area contributed by atoms with Crippen molar-refractivity contribution in [2.45, 2.75) is 6.92 Å². The van der Waals surface area contributed by atoms with Gasteiger partial charge in [-0.3, -0.25) is 5.32 Å². The highest BCUT2D eigenvalue weighted by Gasteiger charge is 2.03. The maximum atomic E-state index is 11.6. The molecule has 0 atom stereocenters. The Morgan fingerprint density at radius 3 is 2.39 bits per heavy atom. The van der Waals surface area contributed by atoms with E-state index in [4.69, 9.17) is 11.6 Å². The van der Waals surface area contributed by atoms with Gasteiger partial charge >= 0.3 is 6.03 Å². The molecule has 0 unspecified atom stereocenters. The number of hydrogen-bond acceptors (Lipinski definition) is 3. The number of urea groups is 1. The Labute approximate surface area is 109 Å². The molecule has 6 heteroatoms. The number of rotatable bonds is 2. The molecule has 0 bridgehead atoms. The van der Waals surface area contributed by atoms with Crippen molar-refractivity contribution in [3.05, 3.63) is 47.1 Å². The zero-order valence-corrected chi connectivity index (χ0v) is 10.4. The van der Waals surface area contributed by atoms with Crippen LogP contribution in [0.5, 0.6) is 0 Å². The summed E-state index contributed by atoms with van der Waals surface area (Å²) in [4.78, 5) is 11.6. The van der Waals surface area contributed by atoms with Crippen molar-refractivity contribution < 1.29 is 4.79 Å². The van der Waals surface area contributed by atoms with E-state index in [2.05, 4.69) is 20.8 Å². The van der Waals surface area contributed by atoms with Gasteiger partial charge in [-0.25, -0.2) is 4.79 Å². The Hall–Kier alpha value is -2.14. The molecule has 2 amide bonds. The van der Waals surface area contributed by atoms with Crippen LogP contribution in [0, 0.1) is 6.92 Å². The van der Waals surface area contributed by atoms with Crippen LogP contribution in [0.25, 0.3) is 0 Å². The number of amides is 2. The first-order valence-corrected chi connectivity index (χ1v) is 5.65. The van der Waals surface area contributed by atoms with Gasteiger partial charge in [0, 0.05) is 5.69 Å². The minimum Gasteiger partial charge on any atom is -0.308 e. The van der Waals surface area contributed by atoms with E-state index in [-0.39, 0.29) is 11.2 Å². The second-order valence-corrected chi connectivity index (χ2v) is 4.07. The SMILES string of the molecule is Cc1ccc(NC(=O)Nc2ccc(Cl)nn2)cc1. The topological polar surface area (TPSA) is 66.9 Å². The van der Waals surface area contributed by atoms with Gasteiger partial charge < -0.3 is 5.32 Å². The van der Waals surface area contributed by atoms with Gasteiger partial charge in [-0.1, -0.05) is 29.3 Å². The molecule has 0 aliphatic rings. The molecule has 1 aromatic carbocycles. The van der Waals surface area contributed by atoms with Gasteiger partial charge in [0.25, 0.3) is 0 Å². The number of nitrogens with zero attached hydrogens (tertiary/aromatic N) is 2. The Bertz CT molecular complexity index is 490. The van der Waals surface area contributed by atoms with E-state index >= 15 is 0 Å². The zero-order chi connectivity index (χ0) is 13.0. The largest absolute Gasteiger partial charge is 0.324 e. The van der Waals surface area contributed by atoms with Crippen molar-refractivity contribution in [2.75, 3.05) is 10.6 Å². The molecule has 0 aliphatic carbocycles. The maximum absolute atomic E-state index is 11.6.